The van der Waals surface area contributed by atoms with Crippen molar-refractivity contribution in [1.82, 2.24) is 9.97 Å². The Morgan fingerprint density at radius 2 is 2.26 bits per heavy atom. The van der Waals surface area contributed by atoms with Gasteiger partial charge in [0.1, 0.15) is 6.33 Å². The Morgan fingerprint density at radius 3 is 2.79 bits per heavy atom. The van der Waals surface area contributed by atoms with Gasteiger partial charge in [0.2, 0.25) is 11.6 Å². The minimum Gasteiger partial charge on any atom is -0.394 e. The summed E-state index contributed by atoms with van der Waals surface area (Å²) in [5.74, 6) is 5.04. The van der Waals surface area contributed by atoms with Crippen LogP contribution in [0.5, 0.6) is 0 Å². The number of aliphatic hydroxyl groups is 1. The fraction of sp³-hybridized carbons (Fsp3) is 0.556. The zero-order valence-corrected chi connectivity index (χ0v) is 10.4. The highest BCUT2D eigenvalue weighted by Gasteiger charge is 2.24. The van der Waals surface area contributed by atoms with Gasteiger partial charge in [-0.25, -0.2) is 15.8 Å². The first-order chi connectivity index (χ1) is 9.13. The maximum absolute atomic E-state index is 11.0. The molecule has 0 saturated carbocycles. The van der Waals surface area contributed by atoms with Gasteiger partial charge in [0.05, 0.1) is 17.6 Å². The van der Waals surface area contributed by atoms with Crippen LogP contribution in [-0.2, 0) is 4.74 Å². The summed E-state index contributed by atoms with van der Waals surface area (Å²) in [5.41, 5.74) is 1.76. The molecule has 0 spiro atoms. The largest absolute Gasteiger partial charge is 0.394 e. The molecule has 0 aromatic carbocycles. The molecule has 0 aliphatic carbocycles. The molecule has 19 heavy (non-hydrogen) atoms. The number of hydrogen-bond donors (Lipinski definition) is 4. The van der Waals surface area contributed by atoms with Crippen molar-refractivity contribution < 1.29 is 14.8 Å². The Balaban J connectivity index is 2.95. The molecular weight excluding hydrogens is 256 g/mol. The van der Waals surface area contributed by atoms with Gasteiger partial charge in [-0.15, -0.1) is 0 Å². The molecule has 10 heteroatoms. The first-order valence-corrected chi connectivity index (χ1v) is 5.46. The third kappa shape index (κ3) is 3.98. The average Bonchev–Trinajstić information content (AvgIpc) is 2.42. The Morgan fingerprint density at radius 1 is 1.58 bits per heavy atom. The molecule has 10 nitrogen and oxygen atoms in total. The highest BCUT2D eigenvalue weighted by Crippen LogP contribution is 2.28. The lowest BCUT2D eigenvalue weighted by molar-refractivity contribution is -0.383. The van der Waals surface area contributed by atoms with Gasteiger partial charge >= 0.3 is 5.69 Å². The summed E-state index contributed by atoms with van der Waals surface area (Å²) < 4.78 is 4.88. The van der Waals surface area contributed by atoms with E-state index in [1.165, 1.54) is 7.11 Å². The van der Waals surface area contributed by atoms with Crippen LogP contribution in [-0.4, -0.2) is 46.4 Å². The molecule has 1 rings (SSSR count). The molecule has 0 fully saturated rings. The van der Waals surface area contributed by atoms with E-state index in [4.69, 9.17) is 10.6 Å². The number of nitrogen functional groups attached to an aromatic ring is 1. The summed E-state index contributed by atoms with van der Waals surface area (Å²) in [6.07, 6.45) is 1.61. The fourth-order valence-corrected chi connectivity index (χ4v) is 1.43. The molecule has 106 valence electrons. The third-order valence-corrected chi connectivity index (χ3v) is 2.37. The van der Waals surface area contributed by atoms with E-state index < -0.39 is 11.0 Å². The van der Waals surface area contributed by atoms with Crippen LogP contribution in [0.3, 0.4) is 0 Å². The van der Waals surface area contributed by atoms with Gasteiger partial charge in [-0.05, 0) is 6.42 Å². The number of anilines is 2. The van der Waals surface area contributed by atoms with Crippen LogP contribution in [0.4, 0.5) is 17.3 Å². The normalized spacial score (nSPS) is 11.9. The zero-order valence-electron chi connectivity index (χ0n) is 10.4. The molecule has 0 saturated heterocycles. The van der Waals surface area contributed by atoms with Gasteiger partial charge in [-0.2, -0.15) is 0 Å². The number of nitrogens with zero attached hydrogens (tertiary/aromatic N) is 3. The summed E-state index contributed by atoms with van der Waals surface area (Å²) in [6.45, 7) is 0.189. The maximum Gasteiger partial charge on any atom is 0.354 e. The van der Waals surface area contributed by atoms with E-state index in [2.05, 4.69) is 20.7 Å². The van der Waals surface area contributed by atoms with Gasteiger partial charge < -0.3 is 20.6 Å². The summed E-state index contributed by atoms with van der Waals surface area (Å²) in [5, 5.41) is 23.0. The lowest BCUT2D eigenvalue weighted by Gasteiger charge is -2.16. The third-order valence-electron chi connectivity index (χ3n) is 2.37. The van der Waals surface area contributed by atoms with Crippen molar-refractivity contribution in [2.75, 3.05) is 31.1 Å². The molecule has 1 heterocycles. The molecule has 1 aromatic rings. The number of rotatable bonds is 8. The Labute approximate surface area is 109 Å². The lowest BCUT2D eigenvalue weighted by atomic mass is 10.2. The number of hydrogen-bond acceptors (Lipinski definition) is 9. The fourth-order valence-electron chi connectivity index (χ4n) is 1.43. The molecule has 5 N–H and O–H groups in total. The minimum atomic E-state index is -0.651. The van der Waals surface area contributed by atoms with Crippen LogP contribution in [0.1, 0.15) is 6.42 Å². The molecule has 1 unspecified atom stereocenters. The molecule has 0 aliphatic heterocycles. The van der Waals surface area contributed by atoms with Gasteiger partial charge in [0.25, 0.3) is 0 Å². The first kappa shape index (κ1) is 15.0. The average molecular weight is 272 g/mol. The molecule has 0 aliphatic rings. The van der Waals surface area contributed by atoms with Crippen molar-refractivity contribution in [3.05, 3.63) is 16.4 Å². The Bertz CT molecular complexity index is 429. The standard InChI is InChI=1S/C9H16N6O4/c1-19-3-2-6(4-16)13-8-7(15(17)18)9(14-10)12-5-11-8/h5-6,16H,2-4,10H2,1H3,(H2,11,12,13,14). The predicted octanol–water partition coefficient (Wildman–Crippen LogP) is -0.520. The SMILES string of the molecule is COCCC(CO)Nc1ncnc(NN)c1[N+](=O)[O-]. The number of nitrogens with one attached hydrogen (secondary N) is 2. The van der Waals surface area contributed by atoms with Crippen molar-refractivity contribution >= 4 is 17.3 Å². The minimum absolute atomic E-state index is 0.0110. The van der Waals surface area contributed by atoms with Gasteiger partial charge in [0.15, 0.2) is 0 Å². The van der Waals surface area contributed by atoms with E-state index in [1.807, 2.05) is 0 Å². The maximum atomic E-state index is 11.0. The number of aromatic nitrogens is 2. The van der Waals surface area contributed by atoms with Crippen LogP contribution in [0.15, 0.2) is 6.33 Å². The molecule has 0 bridgehead atoms. The number of hydrazine groups is 1. The van der Waals surface area contributed by atoms with Crippen molar-refractivity contribution in [2.45, 2.75) is 12.5 Å². The number of ether oxygens (including phenoxy) is 1. The molecule has 1 atom stereocenters. The predicted molar refractivity (Wildman–Crippen MR) is 67.5 cm³/mol. The molecular formula is C9H16N6O4. The van der Waals surface area contributed by atoms with Crippen LogP contribution in [0.2, 0.25) is 0 Å². The monoisotopic (exact) mass is 272 g/mol. The zero-order chi connectivity index (χ0) is 14.3. The van der Waals surface area contributed by atoms with Crippen LogP contribution >= 0.6 is 0 Å². The van der Waals surface area contributed by atoms with Crippen molar-refractivity contribution in [3.8, 4) is 0 Å². The number of methoxy groups -OCH3 is 1. The lowest BCUT2D eigenvalue weighted by Crippen LogP contribution is -2.26. The summed E-state index contributed by atoms with van der Waals surface area (Å²) in [7, 11) is 1.53. The highest BCUT2D eigenvalue weighted by atomic mass is 16.6. The van der Waals surface area contributed by atoms with E-state index >= 15 is 0 Å². The van der Waals surface area contributed by atoms with Gasteiger partial charge in [-0.3, -0.25) is 10.1 Å². The highest BCUT2D eigenvalue weighted by molar-refractivity contribution is 5.69. The molecule has 1 aromatic heterocycles. The smallest absolute Gasteiger partial charge is 0.354 e. The van der Waals surface area contributed by atoms with Crippen molar-refractivity contribution in [1.29, 1.82) is 0 Å². The van der Waals surface area contributed by atoms with E-state index in [0.717, 1.165) is 6.33 Å². The first-order valence-electron chi connectivity index (χ1n) is 5.46. The van der Waals surface area contributed by atoms with Gasteiger partial charge in [-0.1, -0.05) is 0 Å². The van der Waals surface area contributed by atoms with E-state index in [0.29, 0.717) is 13.0 Å². The van der Waals surface area contributed by atoms with Gasteiger partial charge in [0, 0.05) is 13.7 Å². The van der Waals surface area contributed by atoms with E-state index in [9.17, 15) is 15.2 Å². The van der Waals surface area contributed by atoms with Crippen LogP contribution in [0.25, 0.3) is 0 Å². The number of nitrogens with two attached hydrogens (primary N) is 1. The summed E-state index contributed by atoms with van der Waals surface area (Å²) in [4.78, 5) is 17.8. The van der Waals surface area contributed by atoms with Crippen molar-refractivity contribution in [3.63, 3.8) is 0 Å². The Kier molecular flexibility index (Phi) is 5.85. The van der Waals surface area contributed by atoms with E-state index in [1.54, 1.807) is 0 Å². The second kappa shape index (κ2) is 7.41. The summed E-state index contributed by atoms with van der Waals surface area (Å²) in [6, 6.07) is -0.417. The van der Waals surface area contributed by atoms with Crippen LogP contribution in [0, 0.1) is 10.1 Å². The second-order valence-electron chi connectivity index (χ2n) is 3.63. The van der Waals surface area contributed by atoms with Crippen molar-refractivity contribution in [2.24, 2.45) is 5.84 Å². The topological polar surface area (TPSA) is 148 Å². The molecule has 0 amide bonds. The second-order valence-corrected chi connectivity index (χ2v) is 3.63. The molecule has 0 radical (unpaired) electrons. The quantitative estimate of drug-likeness (QED) is 0.278. The summed E-state index contributed by atoms with van der Waals surface area (Å²) >= 11 is 0. The number of aliphatic hydroxyl groups excluding tert-OH is 1. The van der Waals surface area contributed by atoms with Crippen LogP contribution < -0.4 is 16.6 Å². The number of nitro groups is 1. The Hall–Kier alpha value is -2.04. The van der Waals surface area contributed by atoms with E-state index in [-0.39, 0.29) is 23.9 Å².